The molecule has 0 aliphatic rings. The third-order valence-electron chi connectivity index (χ3n) is 4.82. The second kappa shape index (κ2) is 11.2. The van der Waals surface area contributed by atoms with Crippen LogP contribution in [-0.2, 0) is 13.0 Å². The second-order valence-electron chi connectivity index (χ2n) is 6.91. The lowest BCUT2D eigenvalue weighted by molar-refractivity contribution is 0.151. The van der Waals surface area contributed by atoms with E-state index < -0.39 is 6.43 Å². The molecule has 0 aliphatic carbocycles. The van der Waals surface area contributed by atoms with Gasteiger partial charge in [0.25, 0.3) is 6.43 Å². The number of halogens is 3. The Hall–Kier alpha value is -3.25. The maximum absolute atomic E-state index is 12.8. The number of rotatable bonds is 8. The van der Waals surface area contributed by atoms with Gasteiger partial charge in [0.05, 0.1) is 7.18 Å². The molecule has 1 aromatic heterocycles. The van der Waals surface area contributed by atoms with Gasteiger partial charge in [-0.15, -0.1) is 0 Å². The van der Waals surface area contributed by atoms with E-state index in [1.54, 1.807) is 6.07 Å². The molecule has 0 bridgehead atoms. The largest absolute Gasteiger partial charge is 0.457 e. The zero-order chi connectivity index (χ0) is 22.1. The minimum absolute atomic E-state index is 0.0432. The van der Waals surface area contributed by atoms with E-state index in [2.05, 4.69) is 16.4 Å². The number of aromatic nitrogens is 1. The Morgan fingerprint density at radius 1 is 0.903 bits per heavy atom. The molecule has 4 aromatic rings. The minimum atomic E-state index is -2.45. The Balaban J connectivity index is 0.00000132. The number of nitrogens with one attached hydrogen (secondary N) is 2. The number of hydrogen-bond acceptors (Lipinski definition) is 2. The van der Waals surface area contributed by atoms with Crippen molar-refractivity contribution < 1.29 is 17.9 Å². The van der Waals surface area contributed by atoms with Crippen LogP contribution < -0.4 is 10.1 Å². The van der Waals surface area contributed by atoms with E-state index >= 15 is 0 Å². The topological polar surface area (TPSA) is 37.0 Å². The van der Waals surface area contributed by atoms with Crippen LogP contribution in [0.25, 0.3) is 10.9 Å². The fourth-order valence-corrected chi connectivity index (χ4v) is 3.35. The van der Waals surface area contributed by atoms with Crippen LogP contribution in [0.4, 0.5) is 13.2 Å². The SMILES string of the molecule is CF.FC(F)c1ccc2c(CCNCc3cccc(Oc4ccccc4)c3)c[nH]c2c1. The lowest BCUT2D eigenvalue weighted by Crippen LogP contribution is -2.16. The highest BCUT2D eigenvalue weighted by Crippen LogP contribution is 2.25. The van der Waals surface area contributed by atoms with Gasteiger partial charge in [0.2, 0.25) is 0 Å². The molecule has 3 nitrogen and oxygen atoms in total. The van der Waals surface area contributed by atoms with Crippen LogP contribution in [0.3, 0.4) is 0 Å². The molecular weight excluding hydrogens is 401 g/mol. The summed E-state index contributed by atoms with van der Waals surface area (Å²) < 4.78 is 41.0. The van der Waals surface area contributed by atoms with Gasteiger partial charge in [-0.1, -0.05) is 42.5 Å². The maximum Gasteiger partial charge on any atom is 0.263 e. The van der Waals surface area contributed by atoms with Crippen molar-refractivity contribution in [3.63, 3.8) is 0 Å². The zero-order valence-corrected chi connectivity index (χ0v) is 17.2. The first kappa shape index (κ1) is 22.4. The fourth-order valence-electron chi connectivity index (χ4n) is 3.35. The Morgan fingerprint density at radius 3 is 2.45 bits per heavy atom. The third-order valence-corrected chi connectivity index (χ3v) is 4.82. The number of aromatic amines is 1. The second-order valence-corrected chi connectivity index (χ2v) is 6.91. The van der Waals surface area contributed by atoms with Gasteiger partial charge in [0, 0.05) is 29.2 Å². The highest BCUT2D eigenvalue weighted by molar-refractivity contribution is 5.83. The van der Waals surface area contributed by atoms with Gasteiger partial charge >= 0.3 is 0 Å². The van der Waals surface area contributed by atoms with Crippen molar-refractivity contribution in [2.24, 2.45) is 0 Å². The number of para-hydroxylation sites is 1. The molecule has 2 N–H and O–H groups in total. The number of hydrogen-bond donors (Lipinski definition) is 2. The van der Waals surface area contributed by atoms with Gasteiger partial charge in [0.1, 0.15) is 11.5 Å². The van der Waals surface area contributed by atoms with Crippen LogP contribution in [0.2, 0.25) is 0 Å². The molecular formula is C25H25F3N2O. The number of fused-ring (bicyclic) bond motifs is 1. The monoisotopic (exact) mass is 426 g/mol. The summed E-state index contributed by atoms with van der Waals surface area (Å²) in [7, 11) is 0.500. The van der Waals surface area contributed by atoms with Gasteiger partial charge in [0.15, 0.2) is 0 Å². The van der Waals surface area contributed by atoms with Crippen LogP contribution in [0.5, 0.6) is 11.5 Å². The molecule has 4 rings (SSSR count). The molecule has 1 heterocycles. The highest BCUT2D eigenvalue weighted by atomic mass is 19.3. The molecule has 0 saturated carbocycles. The van der Waals surface area contributed by atoms with Gasteiger partial charge in [-0.3, -0.25) is 4.39 Å². The van der Waals surface area contributed by atoms with E-state index in [0.717, 1.165) is 53.0 Å². The van der Waals surface area contributed by atoms with E-state index in [9.17, 15) is 13.2 Å². The molecule has 0 fully saturated rings. The maximum atomic E-state index is 12.8. The summed E-state index contributed by atoms with van der Waals surface area (Å²) in [6.07, 6.45) is 0.263. The molecule has 6 heteroatoms. The molecule has 162 valence electrons. The van der Waals surface area contributed by atoms with Crippen LogP contribution >= 0.6 is 0 Å². The molecule has 0 radical (unpaired) electrons. The summed E-state index contributed by atoms with van der Waals surface area (Å²) in [5.74, 6) is 1.62. The molecule has 0 aliphatic heterocycles. The van der Waals surface area contributed by atoms with E-state index in [-0.39, 0.29) is 5.56 Å². The average molecular weight is 426 g/mol. The van der Waals surface area contributed by atoms with Crippen molar-refractivity contribution in [1.29, 1.82) is 0 Å². The Bertz CT molecular complexity index is 1080. The molecule has 0 amide bonds. The molecule has 0 unspecified atom stereocenters. The summed E-state index contributed by atoms with van der Waals surface area (Å²) in [6, 6.07) is 22.5. The number of H-pyrrole nitrogens is 1. The molecule has 0 saturated heterocycles. The summed E-state index contributed by atoms with van der Waals surface area (Å²) in [6.45, 7) is 1.51. The van der Waals surface area contributed by atoms with Crippen molar-refractivity contribution >= 4 is 10.9 Å². The minimum Gasteiger partial charge on any atom is -0.457 e. The predicted octanol–water partition coefficient (Wildman–Crippen LogP) is 6.82. The zero-order valence-electron chi connectivity index (χ0n) is 17.2. The molecule has 0 atom stereocenters. The lowest BCUT2D eigenvalue weighted by Gasteiger charge is -2.09. The van der Waals surface area contributed by atoms with E-state index in [1.807, 2.05) is 54.7 Å². The van der Waals surface area contributed by atoms with Gasteiger partial charge < -0.3 is 15.0 Å². The quantitative estimate of drug-likeness (QED) is 0.304. The van der Waals surface area contributed by atoms with Crippen molar-refractivity contribution in [3.8, 4) is 11.5 Å². The van der Waals surface area contributed by atoms with Crippen molar-refractivity contribution in [2.75, 3.05) is 13.7 Å². The smallest absolute Gasteiger partial charge is 0.263 e. The summed E-state index contributed by atoms with van der Waals surface area (Å²) >= 11 is 0. The molecule has 3 aromatic carbocycles. The van der Waals surface area contributed by atoms with Crippen molar-refractivity contribution in [2.45, 2.75) is 19.4 Å². The fraction of sp³-hybridized carbons (Fsp3) is 0.200. The van der Waals surface area contributed by atoms with Gasteiger partial charge in [-0.2, -0.15) is 0 Å². The first-order chi connectivity index (χ1) is 15.2. The van der Waals surface area contributed by atoms with Crippen molar-refractivity contribution in [1.82, 2.24) is 10.3 Å². The number of alkyl halides is 3. The molecule has 31 heavy (non-hydrogen) atoms. The Labute approximate surface area is 179 Å². The van der Waals surface area contributed by atoms with Crippen LogP contribution in [-0.4, -0.2) is 18.7 Å². The molecule has 0 spiro atoms. The van der Waals surface area contributed by atoms with Gasteiger partial charge in [-0.05, 0) is 54.4 Å². The standard InChI is InChI=1S/C24H22F2N2O.CH3F/c25-24(26)18-9-10-22-19(16-28-23(22)14-18)11-12-27-15-17-5-4-8-21(13-17)29-20-6-2-1-3-7-20;1-2/h1-10,13-14,16,24,27-28H,11-12,15H2;1H3. The van der Waals surface area contributed by atoms with E-state index in [1.165, 1.54) is 12.1 Å². The van der Waals surface area contributed by atoms with Crippen LogP contribution in [0.1, 0.15) is 23.1 Å². The van der Waals surface area contributed by atoms with E-state index in [0.29, 0.717) is 7.18 Å². The third kappa shape index (κ3) is 6.12. The first-order valence-electron chi connectivity index (χ1n) is 9.97. The summed E-state index contributed by atoms with van der Waals surface area (Å²) in [5, 5.41) is 4.43. The Kier molecular flexibility index (Phi) is 8.12. The summed E-state index contributed by atoms with van der Waals surface area (Å²) in [5.41, 5.74) is 3.05. The number of benzene rings is 3. The van der Waals surface area contributed by atoms with E-state index in [4.69, 9.17) is 4.74 Å². The average Bonchev–Trinajstić information content (AvgIpc) is 3.21. The van der Waals surface area contributed by atoms with Crippen LogP contribution in [0.15, 0.2) is 79.0 Å². The summed E-state index contributed by atoms with van der Waals surface area (Å²) in [4.78, 5) is 3.10. The lowest BCUT2D eigenvalue weighted by atomic mass is 10.1. The first-order valence-corrected chi connectivity index (χ1v) is 9.97. The normalized spacial score (nSPS) is 10.7. The number of ether oxygens (including phenoxy) is 1. The van der Waals surface area contributed by atoms with Gasteiger partial charge in [-0.25, -0.2) is 8.78 Å². The van der Waals surface area contributed by atoms with Crippen molar-refractivity contribution in [3.05, 3.63) is 95.7 Å². The van der Waals surface area contributed by atoms with Crippen LogP contribution in [0, 0.1) is 0 Å². The predicted molar refractivity (Wildman–Crippen MR) is 119 cm³/mol. The highest BCUT2D eigenvalue weighted by Gasteiger charge is 2.10. The Morgan fingerprint density at radius 2 is 1.68 bits per heavy atom.